The lowest BCUT2D eigenvalue weighted by molar-refractivity contribution is -0.149. The van der Waals surface area contributed by atoms with Crippen LogP contribution in [-0.4, -0.2) is 73.6 Å². The topological polar surface area (TPSA) is 97.3 Å². The van der Waals surface area contributed by atoms with Crippen LogP contribution in [0.5, 0.6) is 5.75 Å². The van der Waals surface area contributed by atoms with Gasteiger partial charge in [0.2, 0.25) is 0 Å². The molecular weight excluding hydrogens is 498 g/mol. The molecule has 38 heavy (non-hydrogen) atoms. The number of carboxylic acid groups (broad SMARTS) is 1. The van der Waals surface area contributed by atoms with Crippen LogP contribution in [0.4, 0.5) is 19.3 Å². The number of halogens is 2. The molecule has 1 atom stereocenters. The third kappa shape index (κ3) is 10.6. The van der Waals surface area contributed by atoms with Gasteiger partial charge in [-0.05, 0) is 68.1 Å². The van der Waals surface area contributed by atoms with E-state index in [2.05, 4.69) is 5.32 Å². The first kappa shape index (κ1) is 31.0. The minimum absolute atomic E-state index is 0.0535. The predicted octanol–water partition coefficient (Wildman–Crippen LogP) is 5.23. The van der Waals surface area contributed by atoms with E-state index in [0.29, 0.717) is 18.0 Å². The van der Waals surface area contributed by atoms with Crippen LogP contribution >= 0.6 is 0 Å². The summed E-state index contributed by atoms with van der Waals surface area (Å²) in [6.07, 6.45) is -0.693. The molecule has 0 radical (unpaired) electrons. The number of aryl methyl sites for hydroxylation is 3. The summed E-state index contributed by atoms with van der Waals surface area (Å²) in [5.41, 5.74) is 4.52. The third-order valence-corrected chi connectivity index (χ3v) is 5.85. The molecule has 0 aliphatic heterocycles. The smallest absolute Gasteiger partial charge is 0.333 e. The predicted molar refractivity (Wildman–Crippen MR) is 141 cm³/mol. The van der Waals surface area contributed by atoms with Gasteiger partial charge in [0.25, 0.3) is 5.92 Å². The second-order valence-corrected chi connectivity index (χ2v) is 9.27. The largest absolute Gasteiger partial charge is 0.492 e. The zero-order valence-corrected chi connectivity index (χ0v) is 22.7. The van der Waals surface area contributed by atoms with Crippen molar-refractivity contribution in [3.8, 4) is 5.75 Å². The van der Waals surface area contributed by atoms with Crippen LogP contribution in [-0.2, 0) is 20.7 Å². The highest BCUT2D eigenvalue weighted by Gasteiger charge is 2.22. The number of anilines is 1. The van der Waals surface area contributed by atoms with E-state index in [1.54, 1.807) is 31.2 Å². The van der Waals surface area contributed by atoms with E-state index in [0.717, 1.165) is 29.2 Å². The van der Waals surface area contributed by atoms with E-state index in [4.69, 9.17) is 14.2 Å². The highest BCUT2D eigenvalue weighted by atomic mass is 19.3. The Morgan fingerprint density at radius 1 is 1.03 bits per heavy atom. The molecule has 2 amide bonds. The number of rotatable bonds is 15. The molecule has 0 saturated heterocycles. The Morgan fingerprint density at radius 3 is 2.26 bits per heavy atom. The number of benzene rings is 2. The standard InChI is InChI=1S/C28H38F2N2O6/c1-6-37-25(26(33)34)17-22-7-9-23(10-8-22)38-14-12-32(11-13-36-18-28(5,29)30)27(35)31-24-16-20(3)19(2)15-21(24)4/h7-10,15-16,25H,6,11-14,17-18H2,1-5H3,(H,31,35)(H,33,34). The van der Waals surface area contributed by atoms with Crippen molar-refractivity contribution in [1.29, 1.82) is 0 Å². The summed E-state index contributed by atoms with van der Waals surface area (Å²) < 4.78 is 42.3. The summed E-state index contributed by atoms with van der Waals surface area (Å²) >= 11 is 0. The van der Waals surface area contributed by atoms with Crippen LogP contribution in [0.1, 0.15) is 36.1 Å². The zero-order chi connectivity index (χ0) is 28.3. The number of nitrogens with one attached hydrogen (secondary N) is 1. The van der Waals surface area contributed by atoms with Crippen LogP contribution in [0.25, 0.3) is 0 Å². The van der Waals surface area contributed by atoms with Crippen molar-refractivity contribution < 1.29 is 37.7 Å². The summed E-state index contributed by atoms with van der Waals surface area (Å²) in [6.45, 7) is 8.33. The van der Waals surface area contributed by atoms with Gasteiger partial charge in [-0.1, -0.05) is 18.2 Å². The van der Waals surface area contributed by atoms with Crippen molar-refractivity contribution in [2.75, 3.05) is 44.8 Å². The number of aliphatic carboxylic acids is 1. The van der Waals surface area contributed by atoms with E-state index >= 15 is 0 Å². The first-order valence-electron chi connectivity index (χ1n) is 12.5. The number of hydrogen-bond acceptors (Lipinski definition) is 5. The molecule has 2 rings (SSSR count). The number of ether oxygens (including phenoxy) is 3. The molecule has 2 aromatic rings. The average Bonchev–Trinajstić information content (AvgIpc) is 2.83. The Bertz CT molecular complexity index is 1060. The number of nitrogens with zero attached hydrogens (tertiary/aromatic N) is 1. The maximum Gasteiger partial charge on any atom is 0.333 e. The van der Waals surface area contributed by atoms with Crippen LogP contribution in [0, 0.1) is 20.8 Å². The van der Waals surface area contributed by atoms with E-state index < -0.39 is 30.6 Å². The van der Waals surface area contributed by atoms with Crippen LogP contribution in [0.3, 0.4) is 0 Å². The van der Waals surface area contributed by atoms with E-state index in [1.165, 1.54) is 4.90 Å². The molecule has 0 aliphatic rings. The van der Waals surface area contributed by atoms with Crippen molar-refractivity contribution in [1.82, 2.24) is 4.90 Å². The number of hydrogen-bond donors (Lipinski definition) is 2. The van der Waals surface area contributed by atoms with Gasteiger partial charge in [-0.3, -0.25) is 0 Å². The monoisotopic (exact) mass is 536 g/mol. The summed E-state index contributed by atoms with van der Waals surface area (Å²) in [7, 11) is 0. The molecule has 0 heterocycles. The maximum atomic E-state index is 13.1. The Kier molecular flexibility index (Phi) is 11.9. The van der Waals surface area contributed by atoms with Gasteiger partial charge in [0.1, 0.15) is 19.0 Å². The number of carboxylic acids is 1. The number of carbonyl (C=O) groups is 2. The molecule has 0 fully saturated rings. The number of amides is 2. The molecular formula is C28H38F2N2O6. The fourth-order valence-corrected chi connectivity index (χ4v) is 3.66. The van der Waals surface area contributed by atoms with Crippen LogP contribution in [0.15, 0.2) is 36.4 Å². The summed E-state index contributed by atoms with van der Waals surface area (Å²) in [5, 5.41) is 12.1. The minimum atomic E-state index is -2.95. The number of alkyl halides is 2. The van der Waals surface area contributed by atoms with Gasteiger partial charge < -0.3 is 29.5 Å². The Hall–Kier alpha value is -3.24. The molecule has 1 unspecified atom stereocenters. The first-order valence-corrected chi connectivity index (χ1v) is 12.5. The van der Waals surface area contributed by atoms with Gasteiger partial charge in [0.05, 0.1) is 13.2 Å². The van der Waals surface area contributed by atoms with Gasteiger partial charge in [0, 0.05) is 32.2 Å². The Morgan fingerprint density at radius 2 is 1.66 bits per heavy atom. The molecule has 2 N–H and O–H groups in total. The molecule has 10 heteroatoms. The second-order valence-electron chi connectivity index (χ2n) is 9.27. The maximum absolute atomic E-state index is 13.1. The van der Waals surface area contributed by atoms with Crippen LogP contribution < -0.4 is 10.1 Å². The number of carbonyl (C=O) groups excluding carboxylic acids is 1. The minimum Gasteiger partial charge on any atom is -0.492 e. The lowest BCUT2D eigenvalue weighted by atomic mass is 10.1. The highest BCUT2D eigenvalue weighted by Crippen LogP contribution is 2.21. The van der Waals surface area contributed by atoms with Crippen molar-refractivity contribution in [3.05, 3.63) is 58.7 Å². The summed E-state index contributed by atoms with van der Waals surface area (Å²) in [4.78, 5) is 25.8. The van der Waals surface area contributed by atoms with Gasteiger partial charge in [-0.25, -0.2) is 18.4 Å². The quantitative estimate of drug-likeness (QED) is 0.303. The van der Waals surface area contributed by atoms with Crippen molar-refractivity contribution >= 4 is 17.7 Å². The van der Waals surface area contributed by atoms with E-state index in [-0.39, 0.29) is 32.7 Å². The summed E-state index contributed by atoms with van der Waals surface area (Å²) in [6, 6.07) is 10.4. The molecule has 2 aromatic carbocycles. The fourth-order valence-electron chi connectivity index (χ4n) is 3.66. The lowest BCUT2D eigenvalue weighted by Gasteiger charge is -2.24. The van der Waals surface area contributed by atoms with Crippen molar-refractivity contribution in [2.24, 2.45) is 0 Å². The first-order chi connectivity index (χ1) is 17.9. The van der Waals surface area contributed by atoms with Crippen molar-refractivity contribution in [3.63, 3.8) is 0 Å². The van der Waals surface area contributed by atoms with Gasteiger partial charge >= 0.3 is 12.0 Å². The van der Waals surface area contributed by atoms with Gasteiger partial charge in [-0.15, -0.1) is 0 Å². The Balaban J connectivity index is 1.99. The SMILES string of the molecule is CCOC(Cc1ccc(OCCN(CCOCC(C)(F)F)C(=O)Nc2cc(C)c(C)cc2C)cc1)C(=O)O. The molecule has 0 bridgehead atoms. The van der Waals surface area contributed by atoms with Gasteiger partial charge in [-0.2, -0.15) is 0 Å². The van der Waals surface area contributed by atoms with E-state index in [1.807, 2.05) is 32.9 Å². The highest BCUT2D eigenvalue weighted by molar-refractivity contribution is 5.90. The van der Waals surface area contributed by atoms with Gasteiger partial charge in [0.15, 0.2) is 6.10 Å². The third-order valence-electron chi connectivity index (χ3n) is 5.85. The van der Waals surface area contributed by atoms with E-state index in [9.17, 15) is 23.5 Å². The molecule has 0 aliphatic carbocycles. The Labute approximate surface area is 222 Å². The van der Waals surface area contributed by atoms with Crippen LogP contribution in [0.2, 0.25) is 0 Å². The molecule has 0 spiro atoms. The number of urea groups is 1. The second kappa shape index (κ2) is 14.6. The lowest BCUT2D eigenvalue weighted by Crippen LogP contribution is -2.40. The summed E-state index contributed by atoms with van der Waals surface area (Å²) in [5.74, 6) is -3.43. The molecule has 0 saturated carbocycles. The van der Waals surface area contributed by atoms with Crippen molar-refractivity contribution in [2.45, 2.75) is 53.1 Å². The normalized spacial score (nSPS) is 12.2. The molecule has 210 valence electrons. The molecule has 8 nitrogen and oxygen atoms in total. The zero-order valence-electron chi connectivity index (χ0n) is 22.7. The molecule has 0 aromatic heterocycles. The fraction of sp³-hybridized carbons (Fsp3) is 0.500. The average molecular weight is 537 g/mol.